The van der Waals surface area contributed by atoms with E-state index in [1.54, 1.807) is 14.2 Å². The Bertz CT molecular complexity index is 1020. The quantitative estimate of drug-likeness (QED) is 0.643. The van der Waals surface area contributed by atoms with E-state index in [0.29, 0.717) is 19.6 Å². The molecule has 0 unspecified atom stereocenters. The maximum atomic E-state index is 13.5. The highest BCUT2D eigenvalue weighted by Gasteiger charge is 2.35. The largest absolute Gasteiger partial charge is 0.497 e. The minimum Gasteiger partial charge on any atom is -0.497 e. The van der Waals surface area contributed by atoms with E-state index in [9.17, 15) is 9.59 Å². The fourth-order valence-electron chi connectivity index (χ4n) is 3.83. The molecule has 3 rings (SSSR count). The first-order valence-corrected chi connectivity index (χ1v) is 11.3. The smallest absolute Gasteiger partial charge is 0.318 e. The van der Waals surface area contributed by atoms with Crippen molar-refractivity contribution in [1.82, 2.24) is 19.8 Å². The summed E-state index contributed by atoms with van der Waals surface area (Å²) in [6, 6.07) is 11.0. The standard InChI is InChI=1S/C25H35N5O4/c1-25(2,3)26-24(32)29(14-15-33-5)17-23(31)30-22(18-9-11-19(34-6)12-10-18)16-20(27-30)21-8-7-13-28(21)4/h7-13,22H,14-17H2,1-6H3,(H,26,32)/t22-/m1/s1. The number of nitrogens with zero attached hydrogens (tertiary/aromatic N) is 4. The highest BCUT2D eigenvalue weighted by Crippen LogP contribution is 2.33. The summed E-state index contributed by atoms with van der Waals surface area (Å²) in [6.45, 7) is 6.21. The average Bonchev–Trinajstić information content (AvgIpc) is 3.41. The minimum atomic E-state index is -0.428. The number of rotatable bonds is 8. The molecule has 0 fully saturated rings. The lowest BCUT2D eigenvalue weighted by atomic mass is 10.0. The number of ether oxygens (including phenoxy) is 2. The van der Waals surface area contributed by atoms with Crippen LogP contribution in [0.1, 0.15) is 44.5 Å². The van der Waals surface area contributed by atoms with Crippen molar-refractivity contribution in [3.63, 3.8) is 0 Å². The SMILES string of the molecule is COCCN(CC(=O)N1N=C(c2cccn2C)C[C@@H]1c1ccc(OC)cc1)C(=O)NC(C)(C)C. The molecule has 0 bridgehead atoms. The number of hydrazone groups is 1. The first-order chi connectivity index (χ1) is 16.1. The summed E-state index contributed by atoms with van der Waals surface area (Å²) in [5.41, 5.74) is 2.30. The number of carbonyl (C=O) groups excluding carboxylic acids is 2. The Morgan fingerprint density at radius 2 is 1.88 bits per heavy atom. The van der Waals surface area contributed by atoms with Crippen LogP contribution < -0.4 is 10.1 Å². The van der Waals surface area contributed by atoms with Crippen LogP contribution in [0, 0.1) is 0 Å². The molecule has 3 amide bonds. The van der Waals surface area contributed by atoms with Crippen LogP contribution >= 0.6 is 0 Å². The fraction of sp³-hybridized carbons (Fsp3) is 0.480. The Labute approximate surface area is 201 Å². The van der Waals surface area contributed by atoms with E-state index in [1.165, 1.54) is 9.91 Å². The van der Waals surface area contributed by atoms with Gasteiger partial charge >= 0.3 is 6.03 Å². The monoisotopic (exact) mass is 469 g/mol. The Balaban J connectivity index is 1.88. The van der Waals surface area contributed by atoms with Crippen molar-refractivity contribution in [2.24, 2.45) is 12.1 Å². The number of urea groups is 1. The first kappa shape index (κ1) is 25.3. The van der Waals surface area contributed by atoms with Crippen molar-refractivity contribution in [2.45, 2.75) is 38.8 Å². The number of methoxy groups -OCH3 is 2. The number of benzene rings is 1. The summed E-state index contributed by atoms with van der Waals surface area (Å²) in [5, 5.41) is 9.15. The van der Waals surface area contributed by atoms with E-state index in [0.717, 1.165) is 22.7 Å². The molecule has 0 radical (unpaired) electrons. The maximum absolute atomic E-state index is 13.5. The van der Waals surface area contributed by atoms with Crippen molar-refractivity contribution in [3.05, 3.63) is 53.9 Å². The third kappa shape index (κ3) is 6.17. The van der Waals surface area contributed by atoms with Gasteiger partial charge in [-0.15, -0.1) is 0 Å². The van der Waals surface area contributed by atoms with Gasteiger partial charge in [-0.05, 0) is 50.6 Å². The third-order valence-corrected chi connectivity index (χ3v) is 5.57. The molecule has 1 aliphatic rings. The predicted octanol–water partition coefficient (Wildman–Crippen LogP) is 3.17. The molecule has 9 nitrogen and oxygen atoms in total. The maximum Gasteiger partial charge on any atom is 0.318 e. The summed E-state index contributed by atoms with van der Waals surface area (Å²) in [7, 11) is 5.14. The first-order valence-electron chi connectivity index (χ1n) is 11.3. The van der Waals surface area contributed by atoms with Gasteiger partial charge in [-0.25, -0.2) is 9.80 Å². The summed E-state index contributed by atoms with van der Waals surface area (Å²) < 4.78 is 12.4. The third-order valence-electron chi connectivity index (χ3n) is 5.57. The molecule has 2 heterocycles. The van der Waals surface area contributed by atoms with Crippen LogP contribution in [0.15, 0.2) is 47.7 Å². The Morgan fingerprint density at radius 3 is 2.44 bits per heavy atom. The number of hydrogen-bond acceptors (Lipinski definition) is 5. The molecular weight excluding hydrogens is 434 g/mol. The van der Waals surface area contributed by atoms with Crippen LogP contribution in [0.2, 0.25) is 0 Å². The van der Waals surface area contributed by atoms with Gasteiger partial charge in [0.2, 0.25) is 0 Å². The Hall–Kier alpha value is -3.33. The second-order valence-electron chi connectivity index (χ2n) is 9.38. The molecule has 184 valence electrons. The number of carbonyl (C=O) groups is 2. The van der Waals surface area contributed by atoms with Gasteiger partial charge in [0.05, 0.1) is 31.2 Å². The zero-order valence-corrected chi connectivity index (χ0v) is 20.9. The average molecular weight is 470 g/mol. The number of amides is 3. The van der Waals surface area contributed by atoms with Crippen molar-refractivity contribution < 1.29 is 19.1 Å². The van der Waals surface area contributed by atoms with Crippen LogP contribution in [0.3, 0.4) is 0 Å². The van der Waals surface area contributed by atoms with E-state index >= 15 is 0 Å². The highest BCUT2D eigenvalue weighted by molar-refractivity contribution is 6.02. The highest BCUT2D eigenvalue weighted by atomic mass is 16.5. The Morgan fingerprint density at radius 1 is 1.18 bits per heavy atom. The van der Waals surface area contributed by atoms with Gasteiger partial charge < -0.3 is 24.3 Å². The lowest BCUT2D eigenvalue weighted by Crippen LogP contribution is -2.52. The van der Waals surface area contributed by atoms with Crippen LogP contribution in [0.4, 0.5) is 4.79 Å². The van der Waals surface area contributed by atoms with E-state index < -0.39 is 5.54 Å². The predicted molar refractivity (Wildman–Crippen MR) is 131 cm³/mol. The molecule has 0 saturated heterocycles. The van der Waals surface area contributed by atoms with Crippen molar-refractivity contribution in [2.75, 3.05) is 33.9 Å². The van der Waals surface area contributed by atoms with Gasteiger partial charge in [0.15, 0.2) is 0 Å². The number of aryl methyl sites for hydroxylation is 1. The van der Waals surface area contributed by atoms with Crippen molar-refractivity contribution in [1.29, 1.82) is 0 Å². The molecule has 9 heteroatoms. The summed E-state index contributed by atoms with van der Waals surface area (Å²) in [6.07, 6.45) is 2.52. The van der Waals surface area contributed by atoms with Crippen molar-refractivity contribution in [3.8, 4) is 5.75 Å². The second kappa shape index (κ2) is 10.7. The van der Waals surface area contributed by atoms with Crippen LogP contribution in [0.5, 0.6) is 5.75 Å². The second-order valence-corrected chi connectivity index (χ2v) is 9.38. The molecule has 2 aromatic rings. The Kier molecular flexibility index (Phi) is 7.98. The lowest BCUT2D eigenvalue weighted by Gasteiger charge is -2.30. The molecule has 34 heavy (non-hydrogen) atoms. The van der Waals surface area contributed by atoms with Gasteiger partial charge in [0.25, 0.3) is 5.91 Å². The van der Waals surface area contributed by atoms with Crippen LogP contribution in [-0.2, 0) is 16.6 Å². The van der Waals surface area contributed by atoms with Crippen LogP contribution in [-0.4, -0.2) is 71.6 Å². The topological polar surface area (TPSA) is 88.4 Å². The summed E-state index contributed by atoms with van der Waals surface area (Å²) in [5.74, 6) is 0.484. The number of aromatic nitrogens is 1. The number of hydrogen-bond donors (Lipinski definition) is 1. The molecule has 1 atom stereocenters. The molecule has 1 N–H and O–H groups in total. The van der Waals surface area contributed by atoms with E-state index in [1.807, 2.05) is 75.0 Å². The lowest BCUT2D eigenvalue weighted by molar-refractivity contribution is -0.133. The molecule has 0 aliphatic carbocycles. The van der Waals surface area contributed by atoms with Gasteiger partial charge in [-0.1, -0.05) is 12.1 Å². The van der Waals surface area contributed by atoms with Gasteiger partial charge in [-0.2, -0.15) is 5.10 Å². The normalized spacial score (nSPS) is 15.8. The molecule has 1 aliphatic heterocycles. The molecule has 0 spiro atoms. The molecule has 1 aromatic heterocycles. The van der Waals surface area contributed by atoms with Crippen molar-refractivity contribution >= 4 is 17.6 Å². The fourth-order valence-corrected chi connectivity index (χ4v) is 3.83. The van der Waals surface area contributed by atoms with E-state index in [-0.39, 0.29) is 24.5 Å². The van der Waals surface area contributed by atoms with Gasteiger partial charge in [0, 0.05) is 38.9 Å². The summed E-state index contributed by atoms with van der Waals surface area (Å²) in [4.78, 5) is 27.9. The molecule has 0 saturated carbocycles. The van der Waals surface area contributed by atoms with E-state index in [2.05, 4.69) is 5.32 Å². The zero-order valence-electron chi connectivity index (χ0n) is 20.9. The van der Waals surface area contributed by atoms with E-state index in [4.69, 9.17) is 14.6 Å². The minimum absolute atomic E-state index is 0.109. The zero-order chi connectivity index (χ0) is 24.9. The van der Waals surface area contributed by atoms with Crippen LogP contribution in [0.25, 0.3) is 0 Å². The number of nitrogens with one attached hydrogen (secondary N) is 1. The molecular formula is C25H35N5O4. The molecule has 1 aromatic carbocycles. The van der Waals surface area contributed by atoms with Gasteiger partial charge in [-0.3, -0.25) is 4.79 Å². The van der Waals surface area contributed by atoms with Gasteiger partial charge in [0.1, 0.15) is 12.3 Å². The summed E-state index contributed by atoms with van der Waals surface area (Å²) >= 11 is 0.